The topological polar surface area (TPSA) is 0 Å². The molecule has 1 unspecified atom stereocenters. The van der Waals surface area contributed by atoms with Crippen LogP contribution in [0.4, 0.5) is 0 Å². The Morgan fingerprint density at radius 3 is 2.06 bits per heavy atom. The molecule has 0 saturated carbocycles. The van der Waals surface area contributed by atoms with Crippen molar-refractivity contribution >= 4 is 7.26 Å². The quantitative estimate of drug-likeness (QED) is 0.439. The van der Waals surface area contributed by atoms with Gasteiger partial charge in [0.15, 0.2) is 0 Å². The first-order chi connectivity index (χ1) is 7.73. The summed E-state index contributed by atoms with van der Waals surface area (Å²) >= 11 is 0. The summed E-state index contributed by atoms with van der Waals surface area (Å²) in [6.07, 6.45) is 16.8. The van der Waals surface area contributed by atoms with Gasteiger partial charge in [0.25, 0.3) is 0 Å². The van der Waals surface area contributed by atoms with Crippen molar-refractivity contribution in [3.63, 3.8) is 0 Å². The van der Waals surface area contributed by atoms with E-state index in [1.807, 2.05) is 0 Å². The summed E-state index contributed by atoms with van der Waals surface area (Å²) in [6.45, 7) is 7.49. The van der Waals surface area contributed by atoms with Crippen molar-refractivity contribution in [2.45, 2.75) is 77.3 Å². The van der Waals surface area contributed by atoms with Crippen LogP contribution in [0.3, 0.4) is 0 Å². The Hall–Kier alpha value is 0.430. The molecule has 1 atom stereocenters. The second kappa shape index (κ2) is 7.70. The third-order valence-corrected chi connectivity index (χ3v) is 10.5. The molecular formula is C15H33P. The summed E-state index contributed by atoms with van der Waals surface area (Å²) in [5.74, 6) is 0. The molecule has 1 heterocycles. The third-order valence-electron chi connectivity index (χ3n) is 4.88. The fourth-order valence-electron chi connectivity index (χ4n) is 3.63. The van der Waals surface area contributed by atoms with Crippen LogP contribution < -0.4 is 0 Å². The first kappa shape index (κ1) is 14.5. The SMILES string of the molecule is CCCCCC(CC)[PH]1(C)CCCCCC1. The van der Waals surface area contributed by atoms with Crippen molar-refractivity contribution in [3.05, 3.63) is 0 Å². The molecule has 0 amide bonds. The van der Waals surface area contributed by atoms with E-state index in [0.717, 1.165) is 5.66 Å². The van der Waals surface area contributed by atoms with Crippen LogP contribution in [0.5, 0.6) is 0 Å². The van der Waals surface area contributed by atoms with E-state index in [-0.39, 0.29) is 0 Å². The van der Waals surface area contributed by atoms with E-state index < -0.39 is 7.26 Å². The zero-order valence-corrected chi connectivity index (χ0v) is 12.9. The van der Waals surface area contributed by atoms with Crippen LogP contribution >= 0.6 is 7.26 Å². The first-order valence-electron chi connectivity index (χ1n) is 7.73. The Kier molecular flexibility index (Phi) is 6.97. The second-order valence-electron chi connectivity index (χ2n) is 6.17. The van der Waals surface area contributed by atoms with Gasteiger partial charge in [0.05, 0.1) is 0 Å². The minimum atomic E-state index is -0.866. The van der Waals surface area contributed by atoms with Gasteiger partial charge in [0.2, 0.25) is 0 Å². The van der Waals surface area contributed by atoms with Gasteiger partial charge < -0.3 is 0 Å². The van der Waals surface area contributed by atoms with Crippen molar-refractivity contribution < 1.29 is 0 Å². The van der Waals surface area contributed by atoms with E-state index in [0.29, 0.717) is 0 Å². The molecule has 0 bridgehead atoms. The summed E-state index contributed by atoms with van der Waals surface area (Å²) in [7, 11) is -0.866. The molecule has 0 radical (unpaired) electrons. The van der Waals surface area contributed by atoms with Gasteiger partial charge in [-0.2, -0.15) is 0 Å². The van der Waals surface area contributed by atoms with Crippen LogP contribution in [0.15, 0.2) is 0 Å². The van der Waals surface area contributed by atoms with E-state index in [1.54, 1.807) is 31.6 Å². The molecular weight excluding hydrogens is 211 g/mol. The fraction of sp³-hybridized carbons (Fsp3) is 1.00. The number of hydrogen-bond donors (Lipinski definition) is 0. The van der Waals surface area contributed by atoms with Gasteiger partial charge in [0, 0.05) is 0 Å². The van der Waals surface area contributed by atoms with E-state index in [2.05, 4.69) is 20.5 Å². The zero-order chi connectivity index (χ0) is 11.9. The predicted molar refractivity (Wildman–Crippen MR) is 80.7 cm³/mol. The Morgan fingerprint density at radius 2 is 1.56 bits per heavy atom. The molecule has 16 heavy (non-hydrogen) atoms. The Balaban J connectivity index is 2.46. The molecule has 1 aliphatic heterocycles. The normalized spacial score (nSPS) is 24.7. The number of hydrogen-bond acceptors (Lipinski definition) is 0. The van der Waals surface area contributed by atoms with Gasteiger partial charge in [-0.3, -0.25) is 0 Å². The molecule has 0 aromatic carbocycles. The van der Waals surface area contributed by atoms with Crippen LogP contribution in [0.25, 0.3) is 0 Å². The molecule has 1 aliphatic rings. The van der Waals surface area contributed by atoms with Gasteiger partial charge >= 0.3 is 104 Å². The van der Waals surface area contributed by atoms with Crippen LogP contribution in [0.2, 0.25) is 0 Å². The minimum absolute atomic E-state index is 0.866. The van der Waals surface area contributed by atoms with Crippen molar-refractivity contribution in [1.29, 1.82) is 0 Å². The number of unbranched alkanes of at least 4 members (excludes halogenated alkanes) is 2. The monoisotopic (exact) mass is 244 g/mol. The average molecular weight is 244 g/mol. The molecule has 0 N–H and O–H groups in total. The van der Waals surface area contributed by atoms with E-state index in [4.69, 9.17) is 0 Å². The molecule has 0 aromatic rings. The van der Waals surface area contributed by atoms with Gasteiger partial charge in [-0.15, -0.1) is 0 Å². The van der Waals surface area contributed by atoms with Gasteiger partial charge in [-0.05, 0) is 0 Å². The predicted octanol–water partition coefficient (Wildman–Crippen LogP) is 5.30. The molecule has 1 fully saturated rings. The molecule has 1 rings (SSSR count). The summed E-state index contributed by atoms with van der Waals surface area (Å²) in [4.78, 5) is 0. The van der Waals surface area contributed by atoms with Crippen molar-refractivity contribution in [3.8, 4) is 0 Å². The molecule has 1 saturated heterocycles. The fourth-order valence-corrected chi connectivity index (χ4v) is 8.70. The van der Waals surface area contributed by atoms with E-state index >= 15 is 0 Å². The summed E-state index contributed by atoms with van der Waals surface area (Å²) in [6, 6.07) is 0. The molecule has 0 aromatic heterocycles. The third kappa shape index (κ3) is 4.36. The average Bonchev–Trinajstić information content (AvgIpc) is 2.50. The maximum atomic E-state index is 2.72. The van der Waals surface area contributed by atoms with Crippen LogP contribution in [0.1, 0.15) is 71.6 Å². The Bertz CT molecular complexity index is 168. The number of rotatable bonds is 6. The summed E-state index contributed by atoms with van der Waals surface area (Å²) in [5, 5.41) is 0. The standard InChI is InChI=1S/C15H33P/c1-4-6-9-12-15(5-2)16(3)13-10-7-8-11-14-16/h15-16H,4-14H2,1-3H3. The first-order valence-corrected chi connectivity index (χ1v) is 10.7. The zero-order valence-electron chi connectivity index (χ0n) is 11.9. The van der Waals surface area contributed by atoms with Crippen molar-refractivity contribution in [2.75, 3.05) is 19.0 Å². The van der Waals surface area contributed by atoms with Gasteiger partial charge in [-0.1, -0.05) is 0 Å². The second-order valence-corrected chi connectivity index (χ2v) is 11.3. The van der Waals surface area contributed by atoms with Gasteiger partial charge in [-0.25, -0.2) is 0 Å². The molecule has 0 spiro atoms. The summed E-state index contributed by atoms with van der Waals surface area (Å²) in [5.41, 5.74) is 1.14. The maximum absolute atomic E-state index is 2.72. The van der Waals surface area contributed by atoms with E-state index in [9.17, 15) is 0 Å². The van der Waals surface area contributed by atoms with Crippen LogP contribution in [-0.4, -0.2) is 24.6 Å². The Labute approximate surface area is 104 Å². The molecule has 0 aliphatic carbocycles. The molecule has 98 valence electrons. The van der Waals surface area contributed by atoms with Crippen molar-refractivity contribution in [2.24, 2.45) is 0 Å². The summed E-state index contributed by atoms with van der Waals surface area (Å²) < 4.78 is 0. The Morgan fingerprint density at radius 1 is 0.938 bits per heavy atom. The van der Waals surface area contributed by atoms with Crippen LogP contribution in [-0.2, 0) is 0 Å². The molecule has 1 heteroatoms. The van der Waals surface area contributed by atoms with Crippen LogP contribution in [0, 0.1) is 0 Å². The van der Waals surface area contributed by atoms with Gasteiger partial charge in [0.1, 0.15) is 0 Å². The molecule has 0 nitrogen and oxygen atoms in total. The van der Waals surface area contributed by atoms with Crippen molar-refractivity contribution in [1.82, 2.24) is 0 Å². The van der Waals surface area contributed by atoms with E-state index in [1.165, 1.54) is 38.5 Å².